The van der Waals surface area contributed by atoms with Crippen LogP contribution in [0.25, 0.3) is 0 Å². The fraction of sp³-hybridized carbons (Fsp3) is 0.409. The number of benzene rings is 2. The minimum atomic E-state index is -4.64. The van der Waals surface area contributed by atoms with Crippen LogP contribution in [0.15, 0.2) is 59.5 Å². The van der Waals surface area contributed by atoms with Crippen LogP contribution in [0.1, 0.15) is 31.2 Å². The minimum absolute atomic E-state index is 0.00552. The number of nitrogens with zero attached hydrogens (tertiary/aromatic N) is 1. The van der Waals surface area contributed by atoms with Crippen molar-refractivity contribution in [2.45, 2.75) is 42.8 Å². The van der Waals surface area contributed by atoms with Gasteiger partial charge in [0.2, 0.25) is 5.91 Å². The van der Waals surface area contributed by atoms with E-state index in [1.54, 1.807) is 6.07 Å². The highest BCUT2D eigenvalue weighted by atomic mass is 32.2. The Morgan fingerprint density at radius 1 is 1.03 bits per heavy atom. The third-order valence-electron chi connectivity index (χ3n) is 6.16. The lowest BCUT2D eigenvalue weighted by atomic mass is 9.95. The summed E-state index contributed by atoms with van der Waals surface area (Å²) >= 11 is 0. The second-order valence-electron chi connectivity index (χ2n) is 8.22. The number of carbonyl (C=O) groups is 1. The highest BCUT2D eigenvalue weighted by Crippen LogP contribution is 2.44. The van der Waals surface area contributed by atoms with Crippen molar-refractivity contribution in [3.05, 3.63) is 60.2 Å². The van der Waals surface area contributed by atoms with Gasteiger partial charge >= 0.3 is 6.18 Å². The summed E-state index contributed by atoms with van der Waals surface area (Å²) in [5, 5.41) is 2.91. The molecule has 5 nitrogen and oxygen atoms in total. The standard InChI is InChI=1S/C22H23F3N2O3S/c23-22(24,25)17-5-4-6-18(13-17)27(31(29,30)19-7-2-1-3-8-19)14-21(28)26-20-12-15-9-10-16(20)11-15/h1-8,13,15-16,20H,9-12,14H2,(H,26,28)/t15-,16+,20+/m1/s1. The smallest absolute Gasteiger partial charge is 0.352 e. The summed E-state index contributed by atoms with van der Waals surface area (Å²) in [7, 11) is -4.25. The number of nitrogens with one attached hydrogen (secondary N) is 1. The molecule has 2 aliphatic carbocycles. The number of rotatable bonds is 6. The van der Waals surface area contributed by atoms with Crippen LogP contribution in [0.5, 0.6) is 0 Å². The summed E-state index contributed by atoms with van der Waals surface area (Å²) in [5.74, 6) is 0.457. The van der Waals surface area contributed by atoms with Crippen molar-refractivity contribution in [2.75, 3.05) is 10.8 Å². The first-order valence-corrected chi connectivity index (χ1v) is 11.6. The zero-order chi connectivity index (χ0) is 22.2. The molecule has 3 atom stereocenters. The molecule has 0 radical (unpaired) electrons. The molecule has 2 aromatic rings. The van der Waals surface area contributed by atoms with Gasteiger partial charge in [-0.25, -0.2) is 8.42 Å². The third kappa shape index (κ3) is 4.56. The van der Waals surface area contributed by atoms with Crippen LogP contribution in [0, 0.1) is 11.8 Å². The van der Waals surface area contributed by atoms with E-state index in [9.17, 15) is 26.4 Å². The molecular formula is C22H23F3N2O3S. The van der Waals surface area contributed by atoms with Gasteiger partial charge in [0.05, 0.1) is 16.1 Å². The number of amides is 1. The molecule has 2 saturated carbocycles. The van der Waals surface area contributed by atoms with Crippen LogP contribution in [0.3, 0.4) is 0 Å². The number of halogens is 3. The van der Waals surface area contributed by atoms with Crippen LogP contribution < -0.4 is 9.62 Å². The van der Waals surface area contributed by atoms with E-state index in [1.807, 2.05) is 0 Å². The number of fused-ring (bicyclic) bond motifs is 2. The van der Waals surface area contributed by atoms with E-state index in [-0.39, 0.29) is 16.6 Å². The molecule has 0 saturated heterocycles. The molecule has 9 heteroatoms. The van der Waals surface area contributed by atoms with E-state index in [1.165, 1.54) is 30.3 Å². The summed E-state index contributed by atoms with van der Waals surface area (Å²) in [6.45, 7) is -0.591. The van der Waals surface area contributed by atoms with Gasteiger partial charge in [0.15, 0.2) is 0 Å². The van der Waals surface area contributed by atoms with E-state index in [4.69, 9.17) is 0 Å². The fourth-order valence-corrected chi connectivity index (χ4v) is 6.11. The Kier molecular flexibility index (Phi) is 5.72. The number of alkyl halides is 3. The minimum Gasteiger partial charge on any atom is -0.352 e. The number of hydrogen-bond donors (Lipinski definition) is 1. The predicted octanol–water partition coefficient (Wildman–Crippen LogP) is 4.21. The average Bonchev–Trinajstić information content (AvgIpc) is 3.35. The van der Waals surface area contributed by atoms with Gasteiger partial charge in [0.1, 0.15) is 6.54 Å². The number of anilines is 1. The monoisotopic (exact) mass is 452 g/mol. The Bertz CT molecular complexity index is 1060. The quantitative estimate of drug-likeness (QED) is 0.714. The van der Waals surface area contributed by atoms with E-state index < -0.39 is 34.2 Å². The van der Waals surface area contributed by atoms with Gasteiger partial charge in [-0.05, 0) is 61.4 Å². The molecule has 0 spiro atoms. The highest BCUT2D eigenvalue weighted by molar-refractivity contribution is 7.92. The Hall–Kier alpha value is -2.55. The van der Waals surface area contributed by atoms with Gasteiger partial charge in [0.25, 0.3) is 10.0 Å². The lowest BCUT2D eigenvalue weighted by molar-refractivity contribution is -0.137. The molecule has 2 bridgehead atoms. The molecule has 1 N–H and O–H groups in total. The Morgan fingerprint density at radius 2 is 1.77 bits per heavy atom. The normalized spacial score (nSPS) is 23.0. The first-order chi connectivity index (χ1) is 14.6. The number of carbonyl (C=O) groups excluding carboxylic acids is 1. The summed E-state index contributed by atoms with van der Waals surface area (Å²) in [5.41, 5.74) is -1.19. The molecule has 31 heavy (non-hydrogen) atoms. The maximum Gasteiger partial charge on any atom is 0.416 e. The van der Waals surface area contributed by atoms with Crippen molar-refractivity contribution in [1.82, 2.24) is 5.32 Å². The molecule has 4 rings (SSSR count). The largest absolute Gasteiger partial charge is 0.416 e. The van der Waals surface area contributed by atoms with Crippen LogP contribution in [0.4, 0.5) is 18.9 Å². The summed E-state index contributed by atoms with van der Waals surface area (Å²) < 4.78 is 66.9. The van der Waals surface area contributed by atoms with Crippen molar-refractivity contribution in [2.24, 2.45) is 11.8 Å². The molecule has 166 valence electrons. The van der Waals surface area contributed by atoms with Crippen molar-refractivity contribution in [3.8, 4) is 0 Å². The molecule has 2 fully saturated rings. The molecule has 2 aromatic carbocycles. The van der Waals surface area contributed by atoms with Crippen molar-refractivity contribution < 1.29 is 26.4 Å². The highest BCUT2D eigenvalue weighted by Gasteiger charge is 2.40. The van der Waals surface area contributed by atoms with Gasteiger partial charge in [0, 0.05) is 6.04 Å². The lowest BCUT2D eigenvalue weighted by Gasteiger charge is -2.27. The van der Waals surface area contributed by atoms with Crippen LogP contribution in [-0.4, -0.2) is 26.9 Å². The van der Waals surface area contributed by atoms with Crippen LogP contribution in [0.2, 0.25) is 0 Å². The summed E-state index contributed by atoms with van der Waals surface area (Å²) in [6.07, 6.45) is -0.523. The average molecular weight is 452 g/mol. The Labute approximate surface area is 179 Å². The molecule has 0 aliphatic heterocycles. The van der Waals surface area contributed by atoms with Gasteiger partial charge in [-0.1, -0.05) is 30.7 Å². The first kappa shape index (κ1) is 21.7. The van der Waals surface area contributed by atoms with Gasteiger partial charge in [-0.3, -0.25) is 9.10 Å². The van der Waals surface area contributed by atoms with E-state index in [0.29, 0.717) is 11.8 Å². The Balaban J connectivity index is 1.64. The second kappa shape index (κ2) is 8.18. The Morgan fingerprint density at radius 3 is 2.39 bits per heavy atom. The van der Waals surface area contributed by atoms with Crippen molar-refractivity contribution in [3.63, 3.8) is 0 Å². The van der Waals surface area contributed by atoms with E-state index >= 15 is 0 Å². The predicted molar refractivity (Wildman–Crippen MR) is 110 cm³/mol. The van der Waals surface area contributed by atoms with Gasteiger partial charge < -0.3 is 5.32 Å². The SMILES string of the molecule is O=C(CN(c1cccc(C(F)(F)F)c1)S(=O)(=O)c1ccccc1)N[C@H]1C[C@@H]2CC[C@H]1C2. The summed E-state index contributed by atoms with van der Waals surface area (Å²) in [6, 6.07) is 11.4. The fourth-order valence-electron chi connectivity index (χ4n) is 4.68. The maximum atomic E-state index is 13.3. The van der Waals surface area contributed by atoms with Crippen LogP contribution in [-0.2, 0) is 21.0 Å². The molecular weight excluding hydrogens is 429 g/mol. The molecule has 1 amide bonds. The molecule has 0 heterocycles. The topological polar surface area (TPSA) is 66.5 Å². The summed E-state index contributed by atoms with van der Waals surface area (Å²) in [4.78, 5) is 12.7. The van der Waals surface area contributed by atoms with Gasteiger partial charge in [-0.2, -0.15) is 13.2 Å². The third-order valence-corrected chi connectivity index (χ3v) is 7.95. The maximum absolute atomic E-state index is 13.3. The van der Waals surface area contributed by atoms with Crippen molar-refractivity contribution in [1.29, 1.82) is 0 Å². The van der Waals surface area contributed by atoms with Gasteiger partial charge in [-0.15, -0.1) is 0 Å². The zero-order valence-corrected chi connectivity index (χ0v) is 17.5. The first-order valence-electron chi connectivity index (χ1n) is 10.2. The van der Waals surface area contributed by atoms with E-state index in [0.717, 1.165) is 48.2 Å². The molecule has 2 aliphatic rings. The number of sulfonamides is 1. The molecule has 0 aromatic heterocycles. The molecule has 0 unspecified atom stereocenters. The second-order valence-corrected chi connectivity index (χ2v) is 10.1. The van der Waals surface area contributed by atoms with Crippen LogP contribution >= 0.6 is 0 Å². The zero-order valence-electron chi connectivity index (χ0n) is 16.7. The van der Waals surface area contributed by atoms with Crippen molar-refractivity contribution >= 4 is 21.6 Å². The lowest BCUT2D eigenvalue weighted by Crippen LogP contribution is -2.46. The number of hydrogen-bond acceptors (Lipinski definition) is 3. The van der Waals surface area contributed by atoms with E-state index in [2.05, 4.69) is 5.32 Å².